The Morgan fingerprint density at radius 3 is 2.50 bits per heavy atom. The van der Waals surface area contributed by atoms with E-state index in [4.69, 9.17) is 11.6 Å². The summed E-state index contributed by atoms with van der Waals surface area (Å²) in [5, 5.41) is 0. The molecule has 6 heteroatoms. The van der Waals surface area contributed by atoms with Gasteiger partial charge in [-0.05, 0) is 17.7 Å². The summed E-state index contributed by atoms with van der Waals surface area (Å²) in [4.78, 5) is 13.0. The van der Waals surface area contributed by atoms with Gasteiger partial charge < -0.3 is 9.64 Å². The second-order valence-electron chi connectivity index (χ2n) is 3.71. The number of hydrogen-bond acceptors (Lipinski definition) is 2. The van der Waals surface area contributed by atoms with Gasteiger partial charge in [0.05, 0.1) is 0 Å². The third kappa shape index (κ3) is 4.87. The summed E-state index contributed by atoms with van der Waals surface area (Å²) in [5.41, 5.74) is 0.835. The lowest BCUT2D eigenvalue weighted by Gasteiger charge is -2.16. The van der Waals surface area contributed by atoms with Crippen molar-refractivity contribution in [3.63, 3.8) is 0 Å². The first-order valence-electron chi connectivity index (χ1n) is 5.36. The predicted molar refractivity (Wildman–Crippen MR) is 64.9 cm³/mol. The molecule has 0 spiro atoms. The highest BCUT2D eigenvalue weighted by atomic mass is 35.5. The highest BCUT2D eigenvalue weighted by molar-refractivity contribution is 6.18. The topological polar surface area (TPSA) is 29.5 Å². The average molecular weight is 278 g/mol. The van der Waals surface area contributed by atoms with Crippen LogP contribution in [0.5, 0.6) is 5.75 Å². The SMILES string of the molecule is CN(Cc1ccc(OC(F)F)cc1)C(=O)CCCl. The molecule has 0 aromatic heterocycles. The van der Waals surface area contributed by atoms with Crippen molar-refractivity contribution in [2.45, 2.75) is 19.6 Å². The number of carbonyl (C=O) groups excluding carboxylic acids is 1. The van der Waals surface area contributed by atoms with E-state index in [9.17, 15) is 13.6 Å². The number of halogens is 3. The highest BCUT2D eigenvalue weighted by Gasteiger charge is 2.09. The summed E-state index contributed by atoms with van der Waals surface area (Å²) in [6.45, 7) is -2.42. The minimum Gasteiger partial charge on any atom is -0.435 e. The quantitative estimate of drug-likeness (QED) is 0.748. The van der Waals surface area contributed by atoms with E-state index in [2.05, 4.69) is 4.74 Å². The van der Waals surface area contributed by atoms with Crippen molar-refractivity contribution in [2.24, 2.45) is 0 Å². The zero-order valence-electron chi connectivity index (χ0n) is 9.91. The average Bonchev–Trinajstić information content (AvgIpc) is 2.31. The van der Waals surface area contributed by atoms with Gasteiger partial charge in [-0.1, -0.05) is 12.1 Å². The Labute approximate surface area is 109 Å². The van der Waals surface area contributed by atoms with Crippen LogP contribution in [0.1, 0.15) is 12.0 Å². The molecule has 0 radical (unpaired) electrons. The van der Waals surface area contributed by atoms with Crippen LogP contribution in [0.3, 0.4) is 0 Å². The molecule has 3 nitrogen and oxygen atoms in total. The smallest absolute Gasteiger partial charge is 0.387 e. The van der Waals surface area contributed by atoms with Gasteiger partial charge in [-0.15, -0.1) is 11.6 Å². The lowest BCUT2D eigenvalue weighted by atomic mass is 10.2. The van der Waals surface area contributed by atoms with Gasteiger partial charge in [-0.25, -0.2) is 0 Å². The summed E-state index contributed by atoms with van der Waals surface area (Å²) in [5.74, 6) is 0.325. The molecule has 0 bridgehead atoms. The van der Waals surface area contributed by atoms with Crippen molar-refractivity contribution >= 4 is 17.5 Å². The Morgan fingerprint density at radius 2 is 2.00 bits per heavy atom. The Balaban J connectivity index is 2.55. The molecule has 0 N–H and O–H groups in total. The summed E-state index contributed by atoms with van der Waals surface area (Å²) in [7, 11) is 1.67. The molecule has 1 aromatic rings. The fraction of sp³-hybridized carbons (Fsp3) is 0.417. The fourth-order valence-electron chi connectivity index (χ4n) is 1.41. The normalized spacial score (nSPS) is 10.5. The van der Waals surface area contributed by atoms with Gasteiger partial charge in [0.15, 0.2) is 0 Å². The van der Waals surface area contributed by atoms with Gasteiger partial charge in [0, 0.05) is 25.9 Å². The Hall–Kier alpha value is -1.36. The Bertz CT molecular complexity index is 384. The van der Waals surface area contributed by atoms with E-state index >= 15 is 0 Å². The molecule has 0 fully saturated rings. The maximum atomic E-state index is 11.9. The first-order valence-corrected chi connectivity index (χ1v) is 5.90. The zero-order valence-corrected chi connectivity index (χ0v) is 10.7. The van der Waals surface area contributed by atoms with E-state index in [1.807, 2.05) is 0 Å². The molecule has 0 saturated heterocycles. The zero-order chi connectivity index (χ0) is 13.5. The molecule has 0 unspecified atom stereocenters. The first kappa shape index (κ1) is 14.7. The Morgan fingerprint density at radius 1 is 1.39 bits per heavy atom. The number of ether oxygens (including phenoxy) is 1. The molecule has 0 heterocycles. The van der Waals surface area contributed by atoms with E-state index in [0.29, 0.717) is 6.54 Å². The van der Waals surface area contributed by atoms with E-state index in [1.54, 1.807) is 19.2 Å². The second kappa shape index (κ2) is 7.16. The van der Waals surface area contributed by atoms with Crippen LogP contribution in [0.25, 0.3) is 0 Å². The number of alkyl halides is 3. The maximum Gasteiger partial charge on any atom is 0.387 e. The second-order valence-corrected chi connectivity index (χ2v) is 4.09. The molecule has 1 amide bonds. The minimum atomic E-state index is -2.83. The number of benzene rings is 1. The molecular formula is C12H14ClF2NO2. The van der Waals surface area contributed by atoms with Gasteiger partial charge in [-0.3, -0.25) is 4.79 Å². The van der Waals surface area contributed by atoms with Crippen LogP contribution in [0.2, 0.25) is 0 Å². The number of carbonyl (C=O) groups is 1. The van der Waals surface area contributed by atoms with Crippen molar-refractivity contribution in [3.05, 3.63) is 29.8 Å². The van der Waals surface area contributed by atoms with Gasteiger partial charge in [-0.2, -0.15) is 8.78 Å². The third-order valence-corrected chi connectivity index (χ3v) is 2.49. The largest absolute Gasteiger partial charge is 0.435 e. The lowest BCUT2D eigenvalue weighted by molar-refractivity contribution is -0.129. The monoisotopic (exact) mass is 277 g/mol. The number of hydrogen-bond donors (Lipinski definition) is 0. The molecule has 0 aliphatic heterocycles. The predicted octanol–water partition coefficient (Wildman–Crippen LogP) is 2.88. The summed E-state index contributed by atoms with van der Waals surface area (Å²) in [6.07, 6.45) is 0.282. The van der Waals surface area contributed by atoms with E-state index < -0.39 is 6.61 Å². The molecule has 1 aromatic carbocycles. The molecular weight excluding hydrogens is 264 g/mol. The van der Waals surface area contributed by atoms with E-state index in [1.165, 1.54) is 17.0 Å². The van der Waals surface area contributed by atoms with Crippen LogP contribution in [0.15, 0.2) is 24.3 Å². The molecule has 18 heavy (non-hydrogen) atoms. The number of rotatable bonds is 6. The lowest BCUT2D eigenvalue weighted by Crippen LogP contribution is -2.26. The fourth-order valence-corrected chi connectivity index (χ4v) is 1.57. The number of amides is 1. The molecule has 0 atom stereocenters. The van der Waals surface area contributed by atoms with Crippen LogP contribution in [-0.4, -0.2) is 30.3 Å². The molecule has 0 saturated carbocycles. The molecule has 100 valence electrons. The van der Waals surface area contributed by atoms with E-state index in [0.717, 1.165) is 5.56 Å². The maximum absolute atomic E-state index is 11.9. The molecule has 0 aliphatic carbocycles. The van der Waals surface area contributed by atoms with Crippen LogP contribution < -0.4 is 4.74 Å². The first-order chi connectivity index (χ1) is 8.52. The van der Waals surface area contributed by atoms with Crippen LogP contribution in [-0.2, 0) is 11.3 Å². The van der Waals surface area contributed by atoms with E-state index in [-0.39, 0.29) is 24.0 Å². The highest BCUT2D eigenvalue weighted by Crippen LogP contribution is 2.15. The van der Waals surface area contributed by atoms with Crippen LogP contribution in [0.4, 0.5) is 8.78 Å². The van der Waals surface area contributed by atoms with Crippen molar-refractivity contribution in [2.75, 3.05) is 12.9 Å². The number of nitrogens with zero attached hydrogens (tertiary/aromatic N) is 1. The van der Waals surface area contributed by atoms with Crippen molar-refractivity contribution < 1.29 is 18.3 Å². The van der Waals surface area contributed by atoms with Crippen molar-refractivity contribution in [1.82, 2.24) is 4.90 Å². The van der Waals surface area contributed by atoms with Crippen LogP contribution >= 0.6 is 11.6 Å². The van der Waals surface area contributed by atoms with Gasteiger partial charge in [0.2, 0.25) is 5.91 Å². The summed E-state index contributed by atoms with van der Waals surface area (Å²) in [6, 6.07) is 6.17. The molecule has 0 aliphatic rings. The minimum absolute atomic E-state index is 0.0575. The van der Waals surface area contributed by atoms with Crippen LogP contribution in [0, 0.1) is 0 Å². The standard InChI is InChI=1S/C12H14ClF2NO2/c1-16(11(17)6-7-13)8-9-2-4-10(5-3-9)18-12(14)15/h2-5,12H,6-8H2,1H3. The van der Waals surface area contributed by atoms with Gasteiger partial charge in [0.1, 0.15) is 5.75 Å². The Kier molecular flexibility index (Phi) is 5.85. The van der Waals surface area contributed by atoms with Crippen molar-refractivity contribution in [1.29, 1.82) is 0 Å². The molecule has 1 rings (SSSR count). The summed E-state index contributed by atoms with van der Waals surface area (Å²) < 4.78 is 28.1. The van der Waals surface area contributed by atoms with Gasteiger partial charge in [0.25, 0.3) is 0 Å². The van der Waals surface area contributed by atoms with Gasteiger partial charge >= 0.3 is 6.61 Å². The summed E-state index contributed by atoms with van der Waals surface area (Å²) >= 11 is 5.48. The van der Waals surface area contributed by atoms with Crippen molar-refractivity contribution in [3.8, 4) is 5.75 Å². The third-order valence-electron chi connectivity index (χ3n) is 2.30.